The molecule has 0 aliphatic carbocycles. The largest absolute Gasteiger partial charge is 0.480 e. The van der Waals surface area contributed by atoms with Gasteiger partial charge < -0.3 is 27.7 Å². The number of nitrogens with zero attached hydrogens (tertiary/aromatic N) is 1. The topological polar surface area (TPSA) is 140 Å². The summed E-state index contributed by atoms with van der Waals surface area (Å²) in [6.45, 7) is -0.00671. The normalized spacial score (nSPS) is 11.7. The molecule has 1 atom stereocenters. The van der Waals surface area contributed by atoms with Crippen LogP contribution in [0.5, 0.6) is 0 Å². The third kappa shape index (κ3) is 4.97. The fraction of sp³-hybridized carbons (Fsp3) is 0.500. The number of hydrogen-bond donors (Lipinski definition) is 5. The monoisotopic (exact) mass is 161 g/mol. The molecular weight excluding hydrogens is 150 g/mol. The van der Waals surface area contributed by atoms with Gasteiger partial charge in [0.15, 0.2) is 0 Å². The summed E-state index contributed by atoms with van der Waals surface area (Å²) in [5.74, 6) is -1.27. The van der Waals surface area contributed by atoms with Gasteiger partial charge in [-0.2, -0.15) is 0 Å². The first-order valence-corrected chi connectivity index (χ1v) is 2.84. The van der Waals surface area contributed by atoms with Gasteiger partial charge in [0.2, 0.25) is 5.96 Å². The zero-order valence-corrected chi connectivity index (χ0v) is 5.82. The van der Waals surface area contributed by atoms with Crippen molar-refractivity contribution in [1.82, 2.24) is 5.43 Å². The molecule has 8 N–H and O–H groups in total. The van der Waals surface area contributed by atoms with Gasteiger partial charge in [-0.05, 0) is 0 Å². The predicted octanol–water partition coefficient (Wildman–Crippen LogP) is -2.82. The van der Waals surface area contributed by atoms with Gasteiger partial charge in [0.25, 0.3) is 0 Å². The van der Waals surface area contributed by atoms with Crippen molar-refractivity contribution >= 4 is 11.9 Å². The van der Waals surface area contributed by atoms with Crippen LogP contribution in [0, 0.1) is 0 Å². The molecule has 0 radical (unpaired) electrons. The lowest BCUT2D eigenvalue weighted by Crippen LogP contribution is -2.39. The highest BCUT2D eigenvalue weighted by molar-refractivity contribution is 5.75. The number of nitrogens with one attached hydrogen (secondary N) is 1. The number of aliphatic carboxylic acids is 1. The van der Waals surface area contributed by atoms with E-state index in [0.717, 1.165) is 0 Å². The van der Waals surface area contributed by atoms with Crippen LogP contribution in [0.1, 0.15) is 0 Å². The number of hydrazone groups is 1. The maximum atomic E-state index is 10.1. The molecule has 0 saturated carbocycles. The molecule has 0 aromatic carbocycles. The summed E-state index contributed by atoms with van der Waals surface area (Å²) >= 11 is 0. The smallest absolute Gasteiger partial charge is 0.322 e. The van der Waals surface area contributed by atoms with Crippen LogP contribution in [0.4, 0.5) is 0 Å². The quantitative estimate of drug-likeness (QED) is 0.171. The van der Waals surface area contributed by atoms with Crippen molar-refractivity contribution in [2.24, 2.45) is 22.3 Å². The summed E-state index contributed by atoms with van der Waals surface area (Å²) in [6, 6.07) is -1.00. The minimum absolute atomic E-state index is 0.00671. The molecule has 0 heterocycles. The molecule has 0 aromatic rings. The van der Waals surface area contributed by atoms with Gasteiger partial charge in [-0.25, -0.2) is 0 Å². The summed E-state index contributed by atoms with van der Waals surface area (Å²) in [7, 11) is 0. The Morgan fingerprint density at radius 3 is 2.55 bits per heavy atom. The molecule has 0 saturated heterocycles. The molecule has 0 amide bonds. The molecule has 7 heteroatoms. The highest BCUT2D eigenvalue weighted by Crippen LogP contribution is 1.73. The average molecular weight is 161 g/mol. The van der Waals surface area contributed by atoms with Crippen LogP contribution < -0.4 is 22.6 Å². The minimum atomic E-state index is -1.11. The SMILES string of the molecule is NC(N)=NNC[C@H](N)C(=O)O. The van der Waals surface area contributed by atoms with E-state index in [1.807, 2.05) is 0 Å². The van der Waals surface area contributed by atoms with Gasteiger partial charge in [-0.15, -0.1) is 5.10 Å². The molecule has 64 valence electrons. The average Bonchev–Trinajstić information content (AvgIpc) is 1.86. The number of carbonyl (C=O) groups is 1. The molecule has 0 fully saturated rings. The van der Waals surface area contributed by atoms with Crippen LogP contribution in [0.15, 0.2) is 5.10 Å². The van der Waals surface area contributed by atoms with Crippen molar-refractivity contribution in [2.45, 2.75) is 6.04 Å². The van der Waals surface area contributed by atoms with E-state index in [-0.39, 0.29) is 12.5 Å². The Labute approximate surface area is 63.2 Å². The van der Waals surface area contributed by atoms with E-state index in [1.54, 1.807) is 0 Å². The number of hydrogen-bond acceptors (Lipinski definition) is 4. The first-order valence-electron chi connectivity index (χ1n) is 2.84. The fourth-order valence-electron chi connectivity index (χ4n) is 0.323. The Kier molecular flexibility index (Phi) is 3.75. The van der Waals surface area contributed by atoms with E-state index < -0.39 is 12.0 Å². The molecule has 0 aromatic heterocycles. The van der Waals surface area contributed by atoms with Gasteiger partial charge in [0.05, 0.1) is 6.54 Å². The number of rotatable bonds is 4. The van der Waals surface area contributed by atoms with Crippen LogP contribution in [0.2, 0.25) is 0 Å². The highest BCUT2D eigenvalue weighted by atomic mass is 16.4. The molecule has 11 heavy (non-hydrogen) atoms. The third-order valence-corrected chi connectivity index (χ3v) is 0.837. The van der Waals surface area contributed by atoms with Crippen molar-refractivity contribution in [3.63, 3.8) is 0 Å². The lowest BCUT2D eigenvalue weighted by Gasteiger charge is -2.04. The molecule has 0 aliphatic heterocycles. The maximum Gasteiger partial charge on any atom is 0.322 e. The molecule has 0 unspecified atom stereocenters. The number of carboxylic acid groups (broad SMARTS) is 1. The summed E-state index contributed by atoms with van der Waals surface area (Å²) in [4.78, 5) is 10.1. The van der Waals surface area contributed by atoms with Crippen molar-refractivity contribution < 1.29 is 9.90 Å². The maximum absolute atomic E-state index is 10.1. The van der Waals surface area contributed by atoms with Crippen LogP contribution in [-0.4, -0.2) is 29.6 Å². The van der Waals surface area contributed by atoms with E-state index >= 15 is 0 Å². The van der Waals surface area contributed by atoms with Gasteiger partial charge in [-0.1, -0.05) is 0 Å². The van der Waals surface area contributed by atoms with Crippen molar-refractivity contribution in [3.05, 3.63) is 0 Å². The molecular formula is C4H11N5O2. The summed E-state index contributed by atoms with van der Waals surface area (Å²) in [5, 5.41) is 11.6. The molecule has 7 nitrogen and oxygen atoms in total. The Hall–Kier alpha value is -1.50. The summed E-state index contributed by atoms with van der Waals surface area (Å²) in [5.41, 5.74) is 17.3. The second-order valence-electron chi connectivity index (χ2n) is 1.84. The second-order valence-corrected chi connectivity index (χ2v) is 1.84. The fourth-order valence-corrected chi connectivity index (χ4v) is 0.323. The van der Waals surface area contributed by atoms with Crippen LogP contribution >= 0.6 is 0 Å². The molecule has 0 aliphatic rings. The Morgan fingerprint density at radius 1 is 1.64 bits per heavy atom. The van der Waals surface area contributed by atoms with Crippen LogP contribution in [0.25, 0.3) is 0 Å². The summed E-state index contributed by atoms with van der Waals surface area (Å²) < 4.78 is 0. The zero-order valence-electron chi connectivity index (χ0n) is 5.82. The van der Waals surface area contributed by atoms with Crippen molar-refractivity contribution in [3.8, 4) is 0 Å². The number of guanidine groups is 1. The lowest BCUT2D eigenvalue weighted by molar-refractivity contribution is -0.138. The number of nitrogens with two attached hydrogens (primary N) is 3. The molecule has 0 rings (SSSR count). The predicted molar refractivity (Wildman–Crippen MR) is 39.4 cm³/mol. The van der Waals surface area contributed by atoms with Crippen molar-refractivity contribution in [2.75, 3.05) is 6.54 Å². The second kappa shape index (κ2) is 4.34. The molecule has 0 bridgehead atoms. The van der Waals surface area contributed by atoms with Crippen molar-refractivity contribution in [1.29, 1.82) is 0 Å². The van der Waals surface area contributed by atoms with E-state index in [0.29, 0.717) is 0 Å². The highest BCUT2D eigenvalue weighted by Gasteiger charge is 2.09. The van der Waals surface area contributed by atoms with Crippen LogP contribution in [0.3, 0.4) is 0 Å². The Balaban J connectivity index is 3.55. The zero-order chi connectivity index (χ0) is 8.85. The van der Waals surface area contributed by atoms with Gasteiger partial charge >= 0.3 is 5.97 Å². The lowest BCUT2D eigenvalue weighted by atomic mass is 10.3. The van der Waals surface area contributed by atoms with E-state index in [9.17, 15) is 4.79 Å². The standard InChI is InChI=1S/C4H11N5O2/c5-2(3(10)11)1-8-9-4(6)7/h2,8H,1,5H2,(H,10,11)(H4,6,7,9)/t2-/m0/s1. The third-order valence-electron chi connectivity index (χ3n) is 0.837. The van der Waals surface area contributed by atoms with Crippen LogP contribution in [-0.2, 0) is 4.79 Å². The Morgan fingerprint density at radius 2 is 2.18 bits per heavy atom. The summed E-state index contributed by atoms with van der Waals surface area (Å²) in [6.07, 6.45) is 0. The van der Waals surface area contributed by atoms with Gasteiger partial charge in [0.1, 0.15) is 6.04 Å². The van der Waals surface area contributed by atoms with Gasteiger partial charge in [-0.3, -0.25) is 4.79 Å². The Bertz CT molecular complexity index is 164. The first-order chi connectivity index (χ1) is 5.04. The number of carboxylic acids is 1. The van der Waals surface area contributed by atoms with E-state index in [2.05, 4.69) is 10.5 Å². The van der Waals surface area contributed by atoms with E-state index in [1.165, 1.54) is 0 Å². The van der Waals surface area contributed by atoms with Gasteiger partial charge in [0, 0.05) is 0 Å². The first kappa shape index (κ1) is 9.50. The minimum Gasteiger partial charge on any atom is -0.480 e. The van der Waals surface area contributed by atoms with E-state index in [4.69, 9.17) is 22.3 Å². The molecule has 0 spiro atoms.